The fourth-order valence-electron chi connectivity index (χ4n) is 2.41. The van der Waals surface area contributed by atoms with Crippen molar-refractivity contribution >= 4 is 5.91 Å². The van der Waals surface area contributed by atoms with Gasteiger partial charge in [0.15, 0.2) is 0 Å². The van der Waals surface area contributed by atoms with Crippen molar-refractivity contribution in [1.29, 1.82) is 0 Å². The van der Waals surface area contributed by atoms with E-state index in [0.717, 1.165) is 19.5 Å². The van der Waals surface area contributed by atoms with Crippen LogP contribution in [0, 0.1) is 0 Å². The van der Waals surface area contributed by atoms with Gasteiger partial charge >= 0.3 is 0 Å². The summed E-state index contributed by atoms with van der Waals surface area (Å²) in [5.74, 6) is 0.0396. The van der Waals surface area contributed by atoms with Crippen LogP contribution in [0.15, 0.2) is 30.3 Å². The zero-order chi connectivity index (χ0) is 14.8. The van der Waals surface area contributed by atoms with E-state index in [-0.39, 0.29) is 5.91 Å². The molecule has 0 heterocycles. The highest BCUT2D eigenvalue weighted by molar-refractivity contribution is 5.76. The maximum atomic E-state index is 11.6. The Hall–Kier alpha value is -1.39. The summed E-state index contributed by atoms with van der Waals surface area (Å²) in [6.07, 6.45) is 1.35. The summed E-state index contributed by atoms with van der Waals surface area (Å²) in [7, 11) is 0. The predicted molar refractivity (Wildman–Crippen MR) is 83.5 cm³/mol. The minimum atomic E-state index is 0.0396. The third-order valence-corrected chi connectivity index (χ3v) is 3.55. The average molecular weight is 277 g/mol. The molecule has 0 spiro atoms. The van der Waals surface area contributed by atoms with Crippen LogP contribution in [0.3, 0.4) is 0 Å². The van der Waals surface area contributed by atoms with Gasteiger partial charge in [-0.2, -0.15) is 0 Å². The largest absolute Gasteiger partial charge is 0.354 e. The molecule has 0 radical (unpaired) electrons. The highest BCUT2D eigenvalue weighted by Gasteiger charge is 2.17. The number of nitrogens with two attached hydrogens (primary N) is 1. The monoisotopic (exact) mass is 277 g/mol. The van der Waals surface area contributed by atoms with Crippen molar-refractivity contribution in [2.45, 2.75) is 32.7 Å². The molecule has 20 heavy (non-hydrogen) atoms. The van der Waals surface area contributed by atoms with Crippen molar-refractivity contribution < 1.29 is 4.79 Å². The van der Waals surface area contributed by atoms with Gasteiger partial charge in [0, 0.05) is 25.6 Å². The van der Waals surface area contributed by atoms with Crippen molar-refractivity contribution in [3.8, 4) is 0 Å². The van der Waals surface area contributed by atoms with Gasteiger partial charge in [-0.25, -0.2) is 0 Å². The number of hydrogen-bond acceptors (Lipinski definition) is 3. The van der Waals surface area contributed by atoms with E-state index in [4.69, 9.17) is 5.73 Å². The first-order valence-electron chi connectivity index (χ1n) is 7.46. The summed E-state index contributed by atoms with van der Waals surface area (Å²) < 4.78 is 0. The van der Waals surface area contributed by atoms with E-state index in [1.54, 1.807) is 0 Å². The molecule has 0 aliphatic heterocycles. The third kappa shape index (κ3) is 5.72. The molecule has 112 valence electrons. The van der Waals surface area contributed by atoms with Crippen LogP contribution < -0.4 is 11.1 Å². The maximum absolute atomic E-state index is 11.6. The van der Waals surface area contributed by atoms with Crippen LogP contribution in [0.4, 0.5) is 0 Å². The van der Waals surface area contributed by atoms with Crippen molar-refractivity contribution in [1.82, 2.24) is 10.2 Å². The minimum Gasteiger partial charge on any atom is -0.354 e. The Kier molecular flexibility index (Phi) is 7.92. The summed E-state index contributed by atoms with van der Waals surface area (Å²) in [6, 6.07) is 10.7. The van der Waals surface area contributed by atoms with Crippen LogP contribution in [-0.4, -0.2) is 43.0 Å². The zero-order valence-corrected chi connectivity index (χ0v) is 12.6. The lowest BCUT2D eigenvalue weighted by Crippen LogP contribution is -2.45. The normalized spacial score (nSPS) is 12.4. The number of nitrogens with one attached hydrogen (secondary N) is 1. The van der Waals surface area contributed by atoms with E-state index in [0.29, 0.717) is 25.6 Å². The molecule has 3 N–H and O–H groups in total. The Morgan fingerprint density at radius 3 is 2.45 bits per heavy atom. The predicted octanol–water partition coefficient (Wildman–Crippen LogP) is 1.40. The fourth-order valence-corrected chi connectivity index (χ4v) is 2.41. The number of carbonyl (C=O) groups excluding carboxylic acids is 1. The number of rotatable bonds is 9. The highest BCUT2D eigenvalue weighted by atomic mass is 16.1. The molecule has 0 aliphatic carbocycles. The van der Waals surface area contributed by atoms with Crippen molar-refractivity contribution in [3.63, 3.8) is 0 Å². The molecule has 1 aromatic rings. The molecule has 0 saturated heterocycles. The molecule has 4 heteroatoms. The molecule has 1 rings (SSSR count). The van der Waals surface area contributed by atoms with E-state index in [1.807, 2.05) is 6.07 Å². The van der Waals surface area contributed by atoms with Gasteiger partial charge in [-0.1, -0.05) is 44.2 Å². The second-order valence-electron chi connectivity index (χ2n) is 4.91. The van der Waals surface area contributed by atoms with Crippen LogP contribution in [0.25, 0.3) is 0 Å². The second-order valence-corrected chi connectivity index (χ2v) is 4.91. The summed E-state index contributed by atoms with van der Waals surface area (Å²) in [5, 5.41) is 2.99. The quantitative estimate of drug-likeness (QED) is 0.717. The number of carbonyl (C=O) groups is 1. The Bertz CT molecular complexity index is 377. The SMILES string of the molecule is CCN(CC)C(CNC(=O)CCN)Cc1ccccc1. The molecule has 0 bridgehead atoms. The summed E-state index contributed by atoms with van der Waals surface area (Å²) in [4.78, 5) is 14.0. The van der Waals surface area contributed by atoms with E-state index in [1.165, 1.54) is 5.56 Å². The first-order valence-corrected chi connectivity index (χ1v) is 7.46. The lowest BCUT2D eigenvalue weighted by atomic mass is 10.0. The lowest BCUT2D eigenvalue weighted by Gasteiger charge is -2.30. The Morgan fingerprint density at radius 2 is 1.90 bits per heavy atom. The van der Waals surface area contributed by atoms with Gasteiger partial charge in [-0.3, -0.25) is 9.69 Å². The summed E-state index contributed by atoms with van der Waals surface area (Å²) in [6.45, 7) is 7.36. The number of benzene rings is 1. The number of amides is 1. The maximum Gasteiger partial charge on any atom is 0.221 e. The number of hydrogen-bond donors (Lipinski definition) is 2. The van der Waals surface area contributed by atoms with Crippen LogP contribution in [0.5, 0.6) is 0 Å². The molecule has 1 amide bonds. The third-order valence-electron chi connectivity index (χ3n) is 3.55. The Balaban J connectivity index is 2.62. The van der Waals surface area contributed by atoms with Crippen molar-refractivity contribution in [2.24, 2.45) is 5.73 Å². The summed E-state index contributed by atoms with van der Waals surface area (Å²) in [5.41, 5.74) is 6.70. The zero-order valence-electron chi connectivity index (χ0n) is 12.6. The minimum absolute atomic E-state index is 0.0396. The standard InChI is InChI=1S/C16H27N3O/c1-3-19(4-2)15(13-18-16(20)10-11-17)12-14-8-6-5-7-9-14/h5-9,15H,3-4,10-13,17H2,1-2H3,(H,18,20). The van der Waals surface area contributed by atoms with Gasteiger partial charge in [-0.05, 0) is 25.1 Å². The molecule has 1 aromatic carbocycles. The molecule has 4 nitrogen and oxygen atoms in total. The van der Waals surface area contributed by atoms with Gasteiger partial charge < -0.3 is 11.1 Å². The first kappa shape index (κ1) is 16.7. The highest BCUT2D eigenvalue weighted by Crippen LogP contribution is 2.08. The van der Waals surface area contributed by atoms with E-state index in [2.05, 4.69) is 48.3 Å². The topological polar surface area (TPSA) is 58.4 Å². The van der Waals surface area contributed by atoms with Crippen molar-refractivity contribution in [3.05, 3.63) is 35.9 Å². The van der Waals surface area contributed by atoms with E-state index >= 15 is 0 Å². The second kappa shape index (κ2) is 9.50. The van der Waals surface area contributed by atoms with Gasteiger partial charge in [-0.15, -0.1) is 0 Å². The molecule has 0 aliphatic rings. The number of likely N-dealkylation sites (N-methyl/N-ethyl adjacent to an activating group) is 1. The van der Waals surface area contributed by atoms with Crippen molar-refractivity contribution in [2.75, 3.05) is 26.2 Å². The van der Waals surface area contributed by atoms with Crippen LogP contribution >= 0.6 is 0 Å². The van der Waals surface area contributed by atoms with E-state index < -0.39 is 0 Å². The average Bonchev–Trinajstić information content (AvgIpc) is 2.47. The Morgan fingerprint density at radius 1 is 1.25 bits per heavy atom. The molecule has 0 fully saturated rings. The van der Waals surface area contributed by atoms with Gasteiger partial charge in [0.05, 0.1) is 0 Å². The molecule has 0 saturated carbocycles. The van der Waals surface area contributed by atoms with Gasteiger partial charge in [0.1, 0.15) is 0 Å². The van der Waals surface area contributed by atoms with Crippen LogP contribution in [0.2, 0.25) is 0 Å². The molecule has 1 unspecified atom stereocenters. The fraction of sp³-hybridized carbons (Fsp3) is 0.562. The summed E-state index contributed by atoms with van der Waals surface area (Å²) >= 11 is 0. The van der Waals surface area contributed by atoms with Crippen LogP contribution in [0.1, 0.15) is 25.8 Å². The molecule has 0 aromatic heterocycles. The van der Waals surface area contributed by atoms with Gasteiger partial charge in [0.2, 0.25) is 5.91 Å². The molecular weight excluding hydrogens is 250 g/mol. The molecule has 1 atom stereocenters. The van der Waals surface area contributed by atoms with E-state index in [9.17, 15) is 4.79 Å². The molecular formula is C16H27N3O. The van der Waals surface area contributed by atoms with Gasteiger partial charge in [0.25, 0.3) is 0 Å². The van der Waals surface area contributed by atoms with Crippen LogP contribution in [-0.2, 0) is 11.2 Å². The Labute approximate surface area is 122 Å². The first-order chi connectivity index (χ1) is 9.71. The smallest absolute Gasteiger partial charge is 0.221 e. The number of nitrogens with zero attached hydrogens (tertiary/aromatic N) is 1. The lowest BCUT2D eigenvalue weighted by molar-refractivity contribution is -0.121.